The monoisotopic (exact) mass is 202 g/mol. The molecule has 1 amide bonds. The van der Waals surface area contributed by atoms with Crippen LogP contribution in [0.3, 0.4) is 0 Å². The van der Waals surface area contributed by atoms with Gasteiger partial charge in [-0.2, -0.15) is 5.10 Å². The van der Waals surface area contributed by atoms with Crippen molar-refractivity contribution < 1.29 is 4.79 Å². The van der Waals surface area contributed by atoms with E-state index in [2.05, 4.69) is 20.5 Å². The summed E-state index contributed by atoms with van der Waals surface area (Å²) in [5.41, 5.74) is 2.05. The molecule has 2 aromatic heterocycles. The lowest BCUT2D eigenvalue weighted by Crippen LogP contribution is -2.11. The Kier molecular flexibility index (Phi) is 2.45. The fourth-order valence-corrected chi connectivity index (χ4v) is 1.21. The predicted octanol–water partition coefficient (Wildman–Crippen LogP) is 1.37. The Morgan fingerprint density at radius 3 is 3.07 bits per heavy atom. The second kappa shape index (κ2) is 3.91. The molecule has 5 heteroatoms. The quantitative estimate of drug-likeness (QED) is 0.772. The highest BCUT2D eigenvalue weighted by Crippen LogP contribution is 2.06. The molecule has 0 aromatic carbocycles. The summed E-state index contributed by atoms with van der Waals surface area (Å²) in [7, 11) is 0. The molecule has 0 aliphatic heterocycles. The molecule has 0 aliphatic rings. The third-order valence-electron chi connectivity index (χ3n) is 1.91. The third-order valence-corrected chi connectivity index (χ3v) is 1.91. The number of aryl methyl sites for hydroxylation is 1. The molecule has 0 spiro atoms. The molecule has 0 saturated heterocycles. The highest BCUT2D eigenvalue weighted by atomic mass is 16.1. The summed E-state index contributed by atoms with van der Waals surface area (Å²) in [6, 6.07) is 3.40. The number of hydrogen-bond acceptors (Lipinski definition) is 3. The van der Waals surface area contributed by atoms with Crippen LogP contribution in [0, 0.1) is 6.92 Å². The lowest BCUT2D eigenvalue weighted by Gasteiger charge is -2.02. The first-order valence-corrected chi connectivity index (χ1v) is 4.48. The fraction of sp³-hybridized carbons (Fsp3) is 0.100. The number of anilines is 1. The second-order valence-electron chi connectivity index (χ2n) is 3.13. The van der Waals surface area contributed by atoms with Gasteiger partial charge in [0.15, 0.2) is 0 Å². The molecule has 76 valence electrons. The molecule has 0 fully saturated rings. The van der Waals surface area contributed by atoms with E-state index in [9.17, 15) is 4.79 Å². The number of aromatic amines is 1. The summed E-state index contributed by atoms with van der Waals surface area (Å²) < 4.78 is 0. The van der Waals surface area contributed by atoms with Gasteiger partial charge in [-0.15, -0.1) is 0 Å². The number of carbonyl (C=O) groups excluding carboxylic acids is 1. The van der Waals surface area contributed by atoms with Crippen molar-refractivity contribution in [3.8, 4) is 0 Å². The van der Waals surface area contributed by atoms with Gasteiger partial charge in [0.2, 0.25) is 0 Å². The smallest absolute Gasteiger partial charge is 0.255 e. The van der Waals surface area contributed by atoms with E-state index in [4.69, 9.17) is 0 Å². The van der Waals surface area contributed by atoms with Gasteiger partial charge in [0.25, 0.3) is 5.91 Å². The number of pyridine rings is 1. The molecule has 5 nitrogen and oxygen atoms in total. The molecule has 0 unspecified atom stereocenters. The van der Waals surface area contributed by atoms with Crippen molar-refractivity contribution in [1.82, 2.24) is 15.2 Å². The lowest BCUT2D eigenvalue weighted by atomic mass is 10.2. The van der Waals surface area contributed by atoms with E-state index in [0.29, 0.717) is 11.3 Å². The largest absolute Gasteiger partial charge is 0.319 e. The molecule has 0 bridgehead atoms. The average Bonchev–Trinajstić information content (AvgIpc) is 2.70. The Labute approximate surface area is 86.5 Å². The maximum atomic E-state index is 11.7. The predicted molar refractivity (Wildman–Crippen MR) is 55.5 cm³/mol. The van der Waals surface area contributed by atoms with Crippen LogP contribution in [0.15, 0.2) is 30.7 Å². The summed E-state index contributed by atoms with van der Waals surface area (Å²) in [6.45, 7) is 1.84. The minimum atomic E-state index is -0.165. The Morgan fingerprint density at radius 1 is 1.53 bits per heavy atom. The zero-order valence-corrected chi connectivity index (χ0v) is 8.19. The van der Waals surface area contributed by atoms with Gasteiger partial charge in [-0.05, 0) is 19.1 Å². The van der Waals surface area contributed by atoms with E-state index in [1.165, 1.54) is 0 Å². The van der Waals surface area contributed by atoms with E-state index in [1.807, 2.05) is 6.92 Å². The molecule has 15 heavy (non-hydrogen) atoms. The summed E-state index contributed by atoms with van der Waals surface area (Å²) in [6.07, 6.45) is 4.78. The van der Waals surface area contributed by atoms with Crippen LogP contribution in [0.5, 0.6) is 0 Å². The van der Waals surface area contributed by atoms with Crippen molar-refractivity contribution in [1.29, 1.82) is 0 Å². The topological polar surface area (TPSA) is 70.7 Å². The Balaban J connectivity index is 2.15. The minimum absolute atomic E-state index is 0.165. The van der Waals surface area contributed by atoms with Crippen LogP contribution in [0.2, 0.25) is 0 Å². The van der Waals surface area contributed by atoms with Crippen molar-refractivity contribution in [3.63, 3.8) is 0 Å². The highest BCUT2D eigenvalue weighted by Gasteiger charge is 2.06. The van der Waals surface area contributed by atoms with E-state index in [0.717, 1.165) is 5.69 Å². The van der Waals surface area contributed by atoms with Gasteiger partial charge in [-0.1, -0.05) is 0 Å². The van der Waals surface area contributed by atoms with E-state index < -0.39 is 0 Å². The third kappa shape index (κ3) is 2.19. The van der Waals surface area contributed by atoms with Gasteiger partial charge >= 0.3 is 0 Å². The highest BCUT2D eigenvalue weighted by molar-refractivity contribution is 6.04. The first-order valence-electron chi connectivity index (χ1n) is 4.48. The SMILES string of the molecule is Cc1cc(C(=O)Nc2cn[nH]c2)ccn1. The number of nitrogens with zero attached hydrogens (tertiary/aromatic N) is 2. The molecule has 0 aliphatic carbocycles. The van der Waals surface area contributed by atoms with Crippen LogP contribution in [-0.2, 0) is 0 Å². The van der Waals surface area contributed by atoms with E-state index in [-0.39, 0.29) is 5.91 Å². The van der Waals surface area contributed by atoms with Crippen LogP contribution in [0.4, 0.5) is 5.69 Å². The summed E-state index contributed by atoms with van der Waals surface area (Å²) in [4.78, 5) is 15.7. The molecule has 2 rings (SSSR count). The Hall–Kier alpha value is -2.17. The standard InChI is InChI=1S/C10H10N4O/c1-7-4-8(2-3-11-7)10(15)14-9-5-12-13-6-9/h2-6H,1H3,(H,12,13)(H,14,15). The maximum absolute atomic E-state index is 11.7. The number of amides is 1. The maximum Gasteiger partial charge on any atom is 0.255 e. The summed E-state index contributed by atoms with van der Waals surface area (Å²) in [5, 5.41) is 9.06. The molecular weight excluding hydrogens is 192 g/mol. The Morgan fingerprint density at radius 2 is 2.40 bits per heavy atom. The zero-order chi connectivity index (χ0) is 10.7. The van der Waals surface area contributed by atoms with Crippen molar-refractivity contribution in [2.24, 2.45) is 0 Å². The van der Waals surface area contributed by atoms with Crippen molar-refractivity contribution in [2.75, 3.05) is 5.32 Å². The van der Waals surface area contributed by atoms with Crippen LogP contribution in [0.1, 0.15) is 16.1 Å². The van der Waals surface area contributed by atoms with Crippen molar-refractivity contribution >= 4 is 11.6 Å². The van der Waals surface area contributed by atoms with E-state index in [1.54, 1.807) is 30.7 Å². The molecule has 2 aromatic rings. The first kappa shape index (κ1) is 9.39. The lowest BCUT2D eigenvalue weighted by molar-refractivity contribution is 0.102. The number of aromatic nitrogens is 3. The van der Waals surface area contributed by atoms with Gasteiger partial charge in [-0.25, -0.2) is 0 Å². The number of hydrogen-bond donors (Lipinski definition) is 2. The van der Waals surface area contributed by atoms with Gasteiger partial charge in [0.1, 0.15) is 0 Å². The van der Waals surface area contributed by atoms with Crippen LogP contribution in [-0.4, -0.2) is 21.1 Å². The summed E-state index contributed by atoms with van der Waals surface area (Å²) in [5.74, 6) is -0.165. The number of carbonyl (C=O) groups is 1. The Bertz CT molecular complexity index is 464. The summed E-state index contributed by atoms with van der Waals surface area (Å²) >= 11 is 0. The molecule has 0 radical (unpaired) electrons. The minimum Gasteiger partial charge on any atom is -0.319 e. The van der Waals surface area contributed by atoms with Crippen molar-refractivity contribution in [2.45, 2.75) is 6.92 Å². The molecule has 2 N–H and O–H groups in total. The zero-order valence-electron chi connectivity index (χ0n) is 8.19. The first-order chi connectivity index (χ1) is 7.25. The molecule has 0 atom stereocenters. The van der Waals surface area contributed by atoms with Crippen LogP contribution in [0.25, 0.3) is 0 Å². The van der Waals surface area contributed by atoms with Crippen LogP contribution >= 0.6 is 0 Å². The average molecular weight is 202 g/mol. The number of nitrogens with one attached hydrogen (secondary N) is 2. The fourth-order valence-electron chi connectivity index (χ4n) is 1.21. The molecular formula is C10H10N4O. The van der Waals surface area contributed by atoms with Crippen molar-refractivity contribution in [3.05, 3.63) is 42.0 Å². The normalized spacial score (nSPS) is 9.93. The van der Waals surface area contributed by atoms with Gasteiger partial charge in [-0.3, -0.25) is 14.9 Å². The number of H-pyrrole nitrogens is 1. The van der Waals surface area contributed by atoms with Gasteiger partial charge < -0.3 is 5.32 Å². The second-order valence-corrected chi connectivity index (χ2v) is 3.13. The van der Waals surface area contributed by atoms with Crippen LogP contribution < -0.4 is 5.32 Å². The van der Waals surface area contributed by atoms with E-state index >= 15 is 0 Å². The number of rotatable bonds is 2. The molecule has 0 saturated carbocycles. The molecule has 2 heterocycles. The van der Waals surface area contributed by atoms with Gasteiger partial charge in [0, 0.05) is 23.7 Å². The van der Waals surface area contributed by atoms with Gasteiger partial charge in [0.05, 0.1) is 11.9 Å².